The maximum Gasteiger partial charge on any atom is 0.129 e. The molecule has 0 radical (unpaired) electrons. The third kappa shape index (κ3) is 3.48. The molecule has 0 saturated carbocycles. The number of nitrogens with zero attached hydrogens (tertiary/aromatic N) is 1. The van der Waals surface area contributed by atoms with E-state index in [0.29, 0.717) is 6.04 Å². The van der Waals surface area contributed by atoms with Crippen LogP contribution in [0.3, 0.4) is 0 Å². The average molecular weight is 327 g/mol. The molecule has 1 aliphatic heterocycles. The topological polar surface area (TPSA) is 34.2 Å². The largest absolute Gasteiger partial charge is 0.375 e. The number of aromatic nitrogens is 1. The van der Waals surface area contributed by atoms with Gasteiger partial charge in [0.2, 0.25) is 0 Å². The summed E-state index contributed by atoms with van der Waals surface area (Å²) in [6, 6.07) is 2.56. The lowest BCUT2D eigenvalue weighted by atomic mass is 9.86. The second kappa shape index (κ2) is 6.23. The Balaban J connectivity index is 2.06. The smallest absolute Gasteiger partial charge is 0.129 e. The molecule has 3 nitrogen and oxygen atoms in total. The number of halogens is 1. The van der Waals surface area contributed by atoms with Gasteiger partial charge in [-0.3, -0.25) is 0 Å². The van der Waals surface area contributed by atoms with Gasteiger partial charge in [0.05, 0.1) is 5.60 Å². The van der Waals surface area contributed by atoms with Gasteiger partial charge in [-0.25, -0.2) is 4.98 Å². The molecule has 1 unspecified atom stereocenters. The fourth-order valence-electron chi connectivity index (χ4n) is 2.78. The van der Waals surface area contributed by atoms with Crippen LogP contribution in [0.4, 0.5) is 5.82 Å². The molecule has 19 heavy (non-hydrogen) atoms. The number of hydrogen-bond donors (Lipinski definition) is 1. The van der Waals surface area contributed by atoms with E-state index >= 15 is 0 Å². The highest BCUT2D eigenvalue weighted by atomic mass is 79.9. The molecule has 106 valence electrons. The van der Waals surface area contributed by atoms with E-state index in [-0.39, 0.29) is 5.60 Å². The van der Waals surface area contributed by atoms with Gasteiger partial charge < -0.3 is 10.1 Å². The molecule has 1 saturated heterocycles. The molecule has 1 aromatic heterocycles. The molecular weight excluding hydrogens is 304 g/mol. The van der Waals surface area contributed by atoms with Gasteiger partial charge in [-0.2, -0.15) is 0 Å². The van der Waals surface area contributed by atoms with Gasteiger partial charge in [-0.15, -0.1) is 0 Å². The predicted molar refractivity (Wildman–Crippen MR) is 82.6 cm³/mol. The van der Waals surface area contributed by atoms with Crippen molar-refractivity contribution in [1.82, 2.24) is 4.98 Å². The minimum atomic E-state index is 0.0547. The van der Waals surface area contributed by atoms with E-state index in [2.05, 4.69) is 53.1 Å². The standard InChI is InChI=1S/C15H23BrN2O/c1-4-15(5-2)9-13(6-7-19-15)18-14-11(3)8-12(16)10-17-14/h8,10,13H,4-7,9H2,1-3H3,(H,17,18). The molecule has 0 aliphatic carbocycles. The van der Waals surface area contributed by atoms with Crippen molar-refractivity contribution < 1.29 is 4.74 Å². The summed E-state index contributed by atoms with van der Waals surface area (Å²) in [6.45, 7) is 7.37. The number of hydrogen-bond acceptors (Lipinski definition) is 3. The first kappa shape index (κ1) is 14.8. The molecule has 1 aliphatic rings. The number of anilines is 1. The third-order valence-electron chi connectivity index (χ3n) is 4.17. The molecule has 1 atom stereocenters. The Labute approximate surface area is 124 Å². The Kier molecular flexibility index (Phi) is 4.85. The monoisotopic (exact) mass is 326 g/mol. The van der Waals surface area contributed by atoms with Crippen molar-refractivity contribution in [1.29, 1.82) is 0 Å². The number of rotatable bonds is 4. The summed E-state index contributed by atoms with van der Waals surface area (Å²) in [7, 11) is 0. The predicted octanol–water partition coefficient (Wildman–Crippen LogP) is 4.30. The highest BCUT2D eigenvalue weighted by Gasteiger charge is 2.34. The zero-order chi connectivity index (χ0) is 13.9. The van der Waals surface area contributed by atoms with Crippen molar-refractivity contribution in [2.45, 2.75) is 58.1 Å². The summed E-state index contributed by atoms with van der Waals surface area (Å²) in [5.74, 6) is 0.996. The van der Waals surface area contributed by atoms with E-state index in [0.717, 1.165) is 42.6 Å². The number of pyridine rings is 1. The van der Waals surface area contributed by atoms with E-state index in [1.807, 2.05) is 6.20 Å². The van der Waals surface area contributed by atoms with Crippen LogP contribution in [0, 0.1) is 6.92 Å². The zero-order valence-corrected chi connectivity index (χ0v) is 13.6. The fraction of sp³-hybridized carbons (Fsp3) is 0.667. The minimum Gasteiger partial charge on any atom is -0.375 e. The molecule has 1 aromatic rings. The first-order chi connectivity index (χ1) is 9.08. The molecule has 4 heteroatoms. The Bertz CT molecular complexity index is 432. The average Bonchev–Trinajstić information content (AvgIpc) is 2.42. The molecule has 0 aromatic carbocycles. The first-order valence-electron chi connectivity index (χ1n) is 7.11. The van der Waals surface area contributed by atoms with Crippen LogP contribution in [0.1, 0.15) is 45.1 Å². The van der Waals surface area contributed by atoms with Crippen molar-refractivity contribution >= 4 is 21.7 Å². The molecule has 0 bridgehead atoms. The fourth-order valence-corrected chi connectivity index (χ4v) is 3.22. The van der Waals surface area contributed by atoms with E-state index in [4.69, 9.17) is 4.74 Å². The second-order valence-electron chi connectivity index (χ2n) is 5.39. The molecule has 0 amide bonds. The van der Waals surface area contributed by atoms with Gasteiger partial charge in [-0.05, 0) is 60.2 Å². The molecule has 2 heterocycles. The highest BCUT2D eigenvalue weighted by molar-refractivity contribution is 9.10. The van der Waals surface area contributed by atoms with Crippen LogP contribution < -0.4 is 5.32 Å². The number of nitrogens with one attached hydrogen (secondary N) is 1. The molecule has 2 rings (SSSR count). The Morgan fingerprint density at radius 1 is 1.47 bits per heavy atom. The molecule has 1 N–H and O–H groups in total. The van der Waals surface area contributed by atoms with Gasteiger partial charge in [0.1, 0.15) is 5.82 Å². The molecular formula is C15H23BrN2O. The lowest BCUT2D eigenvalue weighted by Crippen LogP contribution is -2.43. The quantitative estimate of drug-likeness (QED) is 0.895. The summed E-state index contributed by atoms with van der Waals surface area (Å²) in [4.78, 5) is 4.47. The molecule has 1 fully saturated rings. The molecule has 0 spiro atoms. The van der Waals surface area contributed by atoms with E-state index < -0.39 is 0 Å². The summed E-state index contributed by atoms with van der Waals surface area (Å²) in [6.07, 6.45) is 6.13. The Morgan fingerprint density at radius 3 is 2.84 bits per heavy atom. The van der Waals surface area contributed by atoms with Crippen LogP contribution >= 0.6 is 15.9 Å². The lowest BCUT2D eigenvalue weighted by Gasteiger charge is -2.40. The zero-order valence-electron chi connectivity index (χ0n) is 12.0. The van der Waals surface area contributed by atoms with Crippen molar-refractivity contribution in [2.75, 3.05) is 11.9 Å². The summed E-state index contributed by atoms with van der Waals surface area (Å²) in [5, 5.41) is 3.59. The maximum atomic E-state index is 6.01. The first-order valence-corrected chi connectivity index (χ1v) is 7.90. The van der Waals surface area contributed by atoms with Gasteiger partial charge >= 0.3 is 0 Å². The highest BCUT2D eigenvalue weighted by Crippen LogP contribution is 2.33. The SMILES string of the molecule is CCC1(CC)CC(Nc2ncc(Br)cc2C)CCO1. The maximum absolute atomic E-state index is 6.01. The van der Waals surface area contributed by atoms with Crippen LogP contribution in [0.25, 0.3) is 0 Å². The normalized spacial score (nSPS) is 22.2. The summed E-state index contributed by atoms with van der Waals surface area (Å²) >= 11 is 3.45. The van der Waals surface area contributed by atoms with Gasteiger partial charge in [-0.1, -0.05) is 13.8 Å². The van der Waals surface area contributed by atoms with E-state index in [9.17, 15) is 0 Å². The van der Waals surface area contributed by atoms with E-state index in [1.165, 1.54) is 5.56 Å². The van der Waals surface area contributed by atoms with E-state index in [1.54, 1.807) is 0 Å². The minimum absolute atomic E-state index is 0.0547. The van der Waals surface area contributed by atoms with Gasteiger partial charge in [0.25, 0.3) is 0 Å². The lowest BCUT2D eigenvalue weighted by molar-refractivity contribution is -0.0864. The summed E-state index contributed by atoms with van der Waals surface area (Å²) < 4.78 is 7.04. The third-order valence-corrected chi connectivity index (χ3v) is 4.60. The van der Waals surface area contributed by atoms with Crippen molar-refractivity contribution in [3.05, 3.63) is 22.3 Å². The van der Waals surface area contributed by atoms with Gasteiger partial charge in [0, 0.05) is 23.3 Å². The summed E-state index contributed by atoms with van der Waals surface area (Å²) in [5.41, 5.74) is 1.23. The van der Waals surface area contributed by atoms with Crippen LogP contribution in [-0.4, -0.2) is 23.2 Å². The van der Waals surface area contributed by atoms with Crippen LogP contribution in [0.5, 0.6) is 0 Å². The van der Waals surface area contributed by atoms with Crippen LogP contribution in [0.2, 0.25) is 0 Å². The van der Waals surface area contributed by atoms with Gasteiger partial charge in [0.15, 0.2) is 0 Å². The second-order valence-corrected chi connectivity index (χ2v) is 6.31. The van der Waals surface area contributed by atoms with Crippen molar-refractivity contribution in [3.63, 3.8) is 0 Å². The van der Waals surface area contributed by atoms with Crippen LogP contribution in [0.15, 0.2) is 16.7 Å². The van der Waals surface area contributed by atoms with Crippen LogP contribution in [-0.2, 0) is 4.74 Å². The number of aryl methyl sites for hydroxylation is 1. The Hall–Kier alpha value is -0.610. The Morgan fingerprint density at radius 2 is 2.21 bits per heavy atom. The van der Waals surface area contributed by atoms with Crippen molar-refractivity contribution in [2.24, 2.45) is 0 Å². The van der Waals surface area contributed by atoms with Crippen molar-refractivity contribution in [3.8, 4) is 0 Å². The number of ether oxygens (including phenoxy) is 1.